The Labute approximate surface area is 204 Å². The fraction of sp³-hybridized carbons (Fsp3) is 0.391. The molecule has 4 rings (SSSR count). The number of nitrogens with one attached hydrogen (secondary N) is 1. The van der Waals surface area contributed by atoms with E-state index in [4.69, 9.17) is 16.3 Å². The van der Waals surface area contributed by atoms with Crippen LogP contribution in [0.5, 0.6) is 5.75 Å². The van der Waals surface area contributed by atoms with E-state index in [0.29, 0.717) is 59.6 Å². The molecule has 3 heterocycles. The Hall–Kier alpha value is -2.56. The van der Waals surface area contributed by atoms with E-state index in [1.165, 1.54) is 28.0 Å². The maximum absolute atomic E-state index is 13.4. The van der Waals surface area contributed by atoms with Gasteiger partial charge in [-0.1, -0.05) is 23.7 Å². The molecule has 3 aromatic rings. The number of anilines is 1. The lowest BCUT2D eigenvalue weighted by molar-refractivity contribution is -0.147. The van der Waals surface area contributed by atoms with E-state index in [0.717, 1.165) is 4.88 Å². The average Bonchev–Trinajstić information content (AvgIpc) is 3.42. The van der Waals surface area contributed by atoms with Crippen LogP contribution < -0.4 is 10.1 Å². The molecule has 2 aromatic heterocycles. The molecule has 0 radical (unpaired) electrons. The minimum atomic E-state index is -4.21. The molecule has 0 bridgehead atoms. The normalized spacial score (nSPS) is 15.4. The minimum Gasteiger partial charge on any atom is -0.496 e. The number of nitrogens with zero attached hydrogens (tertiary/aromatic N) is 3. The minimum absolute atomic E-state index is 0.0343. The van der Waals surface area contributed by atoms with E-state index < -0.39 is 12.7 Å². The molecule has 1 aliphatic heterocycles. The summed E-state index contributed by atoms with van der Waals surface area (Å²) in [5.74, 6) is 0.548. The fourth-order valence-corrected chi connectivity index (χ4v) is 5.11. The van der Waals surface area contributed by atoms with E-state index in [-0.39, 0.29) is 11.8 Å². The summed E-state index contributed by atoms with van der Waals surface area (Å²) in [5.41, 5.74) is 1.04. The number of piperidine rings is 1. The molecule has 0 saturated carbocycles. The van der Waals surface area contributed by atoms with E-state index in [2.05, 4.69) is 10.4 Å². The molecule has 11 heteroatoms. The SMILES string of the molecule is COc1ccccc1C(=O)n1nc(C2CCN(CC(F)(F)F)CC2)cc1NCc1ccc(Cl)s1. The van der Waals surface area contributed by atoms with Gasteiger partial charge >= 0.3 is 6.18 Å². The van der Waals surface area contributed by atoms with Crippen LogP contribution in [0.3, 0.4) is 0 Å². The lowest BCUT2D eigenvalue weighted by atomic mass is 9.93. The Morgan fingerprint density at radius 2 is 1.97 bits per heavy atom. The quantitative estimate of drug-likeness (QED) is 0.443. The summed E-state index contributed by atoms with van der Waals surface area (Å²) in [6.45, 7) is 0.199. The van der Waals surface area contributed by atoms with Crippen molar-refractivity contribution in [2.75, 3.05) is 32.1 Å². The Balaban J connectivity index is 1.57. The lowest BCUT2D eigenvalue weighted by Crippen LogP contribution is -2.39. The Bertz CT molecular complexity index is 1140. The summed E-state index contributed by atoms with van der Waals surface area (Å²) in [7, 11) is 1.50. The second-order valence-electron chi connectivity index (χ2n) is 8.10. The van der Waals surface area contributed by atoms with Crippen molar-refractivity contribution in [3.63, 3.8) is 0 Å². The first kappa shape index (κ1) is 24.6. The molecular weight excluding hydrogens is 489 g/mol. The van der Waals surface area contributed by atoms with E-state index in [9.17, 15) is 18.0 Å². The van der Waals surface area contributed by atoms with Gasteiger partial charge in [0.15, 0.2) is 0 Å². The highest BCUT2D eigenvalue weighted by Crippen LogP contribution is 2.32. The van der Waals surface area contributed by atoms with Crippen molar-refractivity contribution in [2.45, 2.75) is 31.5 Å². The summed E-state index contributed by atoms with van der Waals surface area (Å²) in [6.07, 6.45) is -3.14. The number of hydrogen-bond acceptors (Lipinski definition) is 6. The summed E-state index contributed by atoms with van der Waals surface area (Å²) in [4.78, 5) is 15.8. The highest BCUT2D eigenvalue weighted by Gasteiger charge is 2.33. The first-order valence-corrected chi connectivity index (χ1v) is 12.0. The molecule has 0 atom stereocenters. The summed E-state index contributed by atoms with van der Waals surface area (Å²) >= 11 is 7.46. The first-order valence-electron chi connectivity index (χ1n) is 10.8. The maximum atomic E-state index is 13.4. The van der Waals surface area contributed by atoms with Crippen LogP contribution in [0.1, 0.15) is 39.7 Å². The van der Waals surface area contributed by atoms with Gasteiger partial charge in [-0.25, -0.2) is 0 Å². The van der Waals surface area contributed by atoms with Crippen LogP contribution in [0, 0.1) is 0 Å². The van der Waals surface area contributed by atoms with Gasteiger partial charge < -0.3 is 10.1 Å². The van der Waals surface area contributed by atoms with Crippen molar-refractivity contribution in [1.29, 1.82) is 0 Å². The molecule has 1 aliphatic rings. The van der Waals surface area contributed by atoms with Crippen LogP contribution in [-0.2, 0) is 6.54 Å². The number of alkyl halides is 3. The Morgan fingerprint density at radius 3 is 2.62 bits per heavy atom. The Morgan fingerprint density at radius 1 is 1.24 bits per heavy atom. The van der Waals surface area contributed by atoms with Crippen molar-refractivity contribution >= 4 is 34.7 Å². The van der Waals surface area contributed by atoms with Gasteiger partial charge in [-0.3, -0.25) is 9.69 Å². The van der Waals surface area contributed by atoms with Crippen molar-refractivity contribution in [3.8, 4) is 5.75 Å². The predicted molar refractivity (Wildman–Crippen MR) is 126 cm³/mol. The van der Waals surface area contributed by atoms with E-state index in [1.54, 1.807) is 30.3 Å². The fourth-order valence-electron chi connectivity index (χ4n) is 4.08. The summed E-state index contributed by atoms with van der Waals surface area (Å²) < 4.78 is 45.5. The van der Waals surface area contributed by atoms with Crippen LogP contribution in [0.15, 0.2) is 42.5 Å². The van der Waals surface area contributed by atoms with Crippen LogP contribution in [0.2, 0.25) is 4.34 Å². The zero-order valence-corrected chi connectivity index (χ0v) is 20.0. The van der Waals surface area contributed by atoms with Gasteiger partial charge in [0.1, 0.15) is 11.6 Å². The molecule has 1 fully saturated rings. The third-order valence-electron chi connectivity index (χ3n) is 5.74. The maximum Gasteiger partial charge on any atom is 0.401 e. The zero-order valence-electron chi connectivity index (χ0n) is 18.4. The van der Waals surface area contributed by atoms with Gasteiger partial charge in [-0.05, 0) is 50.2 Å². The highest BCUT2D eigenvalue weighted by molar-refractivity contribution is 7.16. The number of methoxy groups -OCH3 is 1. The predicted octanol–water partition coefficient (Wildman–Crippen LogP) is 5.65. The molecule has 6 nitrogen and oxygen atoms in total. The highest BCUT2D eigenvalue weighted by atomic mass is 35.5. The van der Waals surface area contributed by atoms with Gasteiger partial charge in [0.05, 0.1) is 35.8 Å². The number of thiophene rings is 1. The molecule has 0 unspecified atom stereocenters. The van der Waals surface area contributed by atoms with Crippen LogP contribution >= 0.6 is 22.9 Å². The largest absolute Gasteiger partial charge is 0.496 e. The van der Waals surface area contributed by atoms with Gasteiger partial charge in [0.25, 0.3) is 5.91 Å². The number of carbonyl (C=O) groups is 1. The van der Waals surface area contributed by atoms with Crippen molar-refractivity contribution in [3.05, 3.63) is 62.9 Å². The van der Waals surface area contributed by atoms with Crippen LogP contribution in [-0.4, -0.2) is 53.5 Å². The number of hydrogen-bond donors (Lipinski definition) is 1. The summed E-state index contributed by atoms with van der Waals surface area (Å²) in [6, 6.07) is 12.4. The lowest BCUT2D eigenvalue weighted by Gasteiger charge is -2.31. The molecule has 182 valence electrons. The molecular formula is C23H24ClF3N4O2S. The van der Waals surface area contributed by atoms with Gasteiger partial charge in [0, 0.05) is 16.9 Å². The number of ether oxygens (including phenoxy) is 1. The molecule has 1 aromatic carbocycles. The molecule has 1 saturated heterocycles. The monoisotopic (exact) mass is 512 g/mol. The van der Waals surface area contributed by atoms with Gasteiger partial charge in [-0.15, -0.1) is 11.3 Å². The third-order valence-corrected chi connectivity index (χ3v) is 6.97. The number of likely N-dealkylation sites (tertiary alicyclic amines) is 1. The smallest absolute Gasteiger partial charge is 0.401 e. The number of aromatic nitrogens is 2. The molecule has 0 aliphatic carbocycles. The number of carbonyl (C=O) groups excluding carboxylic acids is 1. The summed E-state index contributed by atoms with van der Waals surface area (Å²) in [5, 5.41) is 7.85. The van der Waals surface area contributed by atoms with Crippen molar-refractivity contribution in [2.24, 2.45) is 0 Å². The van der Waals surface area contributed by atoms with Gasteiger partial charge in [0.2, 0.25) is 0 Å². The molecule has 34 heavy (non-hydrogen) atoms. The van der Waals surface area contributed by atoms with E-state index in [1.807, 2.05) is 12.1 Å². The van der Waals surface area contributed by atoms with E-state index >= 15 is 0 Å². The number of halogens is 4. The topological polar surface area (TPSA) is 59.4 Å². The average molecular weight is 513 g/mol. The second kappa shape index (κ2) is 10.4. The number of rotatable bonds is 7. The first-order chi connectivity index (χ1) is 16.2. The molecule has 1 N–H and O–H groups in total. The number of benzene rings is 1. The van der Waals surface area contributed by atoms with Crippen molar-refractivity contribution in [1.82, 2.24) is 14.7 Å². The van der Waals surface area contributed by atoms with Crippen LogP contribution in [0.25, 0.3) is 0 Å². The molecule has 0 spiro atoms. The Kier molecular flexibility index (Phi) is 7.49. The second-order valence-corrected chi connectivity index (χ2v) is 9.90. The van der Waals surface area contributed by atoms with Crippen LogP contribution in [0.4, 0.5) is 19.0 Å². The molecule has 0 amide bonds. The standard InChI is InChI=1S/C23H24ClF3N4O2S/c1-33-19-5-3-2-4-17(19)22(32)31-21(28-13-16-6-7-20(24)34-16)12-18(29-31)15-8-10-30(11-9-15)14-23(25,26)27/h2-7,12,15,28H,8-11,13-14H2,1H3. The zero-order chi connectivity index (χ0) is 24.3. The number of para-hydroxylation sites is 1. The van der Waals surface area contributed by atoms with Gasteiger partial charge in [-0.2, -0.15) is 23.0 Å². The third kappa shape index (κ3) is 5.92. The van der Waals surface area contributed by atoms with Crippen molar-refractivity contribution < 1.29 is 22.7 Å².